The van der Waals surface area contributed by atoms with Crippen LogP contribution >= 0.6 is 0 Å². The van der Waals surface area contributed by atoms with Gasteiger partial charge in [0.25, 0.3) is 5.91 Å². The van der Waals surface area contributed by atoms with Crippen LogP contribution in [0.15, 0.2) is 30.9 Å². The minimum Gasteiger partial charge on any atom is -0.347 e. The molecular formula is C15H19N5O. The zero-order chi connectivity index (χ0) is 14.7. The molecule has 1 aliphatic heterocycles. The Balaban J connectivity index is 1.79. The lowest BCUT2D eigenvalue weighted by Gasteiger charge is -2.23. The second kappa shape index (κ2) is 6.05. The normalized spacial score (nSPS) is 18.4. The number of nitrogens with zero attached hydrogens (tertiary/aromatic N) is 3. The molecule has 21 heavy (non-hydrogen) atoms. The van der Waals surface area contributed by atoms with Crippen LogP contribution in [0.4, 0.5) is 0 Å². The smallest absolute Gasteiger partial charge is 0.270 e. The van der Waals surface area contributed by atoms with E-state index in [2.05, 4.69) is 20.6 Å². The van der Waals surface area contributed by atoms with Gasteiger partial charge in [0.05, 0.1) is 0 Å². The summed E-state index contributed by atoms with van der Waals surface area (Å²) in [6.07, 6.45) is 7.28. The van der Waals surface area contributed by atoms with Gasteiger partial charge in [0.2, 0.25) is 0 Å². The lowest BCUT2D eigenvalue weighted by Crippen LogP contribution is -2.45. The zero-order valence-electron chi connectivity index (χ0n) is 12.0. The highest BCUT2D eigenvalue weighted by Gasteiger charge is 2.17. The fraction of sp³-hybridized carbons (Fsp3) is 0.400. The summed E-state index contributed by atoms with van der Waals surface area (Å²) in [5.74, 6) is 0.591. The molecule has 0 saturated carbocycles. The Morgan fingerprint density at radius 3 is 3.10 bits per heavy atom. The van der Waals surface area contributed by atoms with Crippen LogP contribution < -0.4 is 10.6 Å². The highest BCUT2D eigenvalue weighted by molar-refractivity contribution is 5.92. The molecule has 0 unspecified atom stereocenters. The summed E-state index contributed by atoms with van der Waals surface area (Å²) < 4.78 is 1.80. The highest BCUT2D eigenvalue weighted by Crippen LogP contribution is 2.10. The van der Waals surface area contributed by atoms with E-state index < -0.39 is 0 Å². The maximum atomic E-state index is 12.4. The molecule has 1 atom stereocenters. The lowest BCUT2D eigenvalue weighted by molar-refractivity contribution is 0.0925. The van der Waals surface area contributed by atoms with E-state index in [1.165, 1.54) is 0 Å². The molecule has 6 heteroatoms. The van der Waals surface area contributed by atoms with Crippen molar-refractivity contribution in [3.05, 3.63) is 42.1 Å². The molecule has 1 amide bonds. The standard InChI is InChI=1S/C15H19N5O/c1-11-7-13(15(21)18-12-3-2-4-16-9-12)19-14(8-11)20-6-5-17-10-20/h5-8,10,12,16H,2-4,9H2,1H3,(H,18,21)/t12-/m1/s1. The largest absolute Gasteiger partial charge is 0.347 e. The van der Waals surface area contributed by atoms with E-state index in [0.717, 1.165) is 31.5 Å². The molecule has 6 nitrogen and oxygen atoms in total. The highest BCUT2D eigenvalue weighted by atomic mass is 16.1. The fourth-order valence-corrected chi connectivity index (χ4v) is 2.53. The molecule has 110 valence electrons. The van der Waals surface area contributed by atoms with Gasteiger partial charge in [-0.1, -0.05) is 0 Å². The molecule has 2 aromatic heterocycles. The summed E-state index contributed by atoms with van der Waals surface area (Å²) in [6, 6.07) is 3.93. The van der Waals surface area contributed by atoms with Crippen molar-refractivity contribution >= 4 is 5.91 Å². The predicted octanol–water partition coefficient (Wildman–Crippen LogP) is 1.06. The van der Waals surface area contributed by atoms with Gasteiger partial charge in [-0.3, -0.25) is 9.36 Å². The first-order valence-corrected chi connectivity index (χ1v) is 7.21. The van der Waals surface area contributed by atoms with Crippen LogP contribution in [-0.4, -0.2) is 39.6 Å². The fourth-order valence-electron chi connectivity index (χ4n) is 2.53. The Kier molecular flexibility index (Phi) is 3.96. The number of hydrogen-bond donors (Lipinski definition) is 2. The van der Waals surface area contributed by atoms with Crippen LogP contribution in [0.5, 0.6) is 0 Å². The molecule has 0 radical (unpaired) electrons. The number of aryl methyl sites for hydroxylation is 1. The Labute approximate surface area is 123 Å². The van der Waals surface area contributed by atoms with Crippen molar-refractivity contribution in [3.8, 4) is 5.82 Å². The number of imidazole rings is 1. The minimum atomic E-state index is -0.117. The molecule has 0 aliphatic carbocycles. The summed E-state index contributed by atoms with van der Waals surface area (Å²) in [5.41, 5.74) is 1.45. The predicted molar refractivity (Wildman–Crippen MR) is 79.5 cm³/mol. The third-order valence-electron chi connectivity index (χ3n) is 3.59. The van der Waals surface area contributed by atoms with Gasteiger partial charge in [-0.05, 0) is 44.0 Å². The number of amides is 1. The van der Waals surface area contributed by atoms with Gasteiger partial charge in [0, 0.05) is 25.0 Å². The molecular weight excluding hydrogens is 266 g/mol. The number of aromatic nitrogens is 3. The van der Waals surface area contributed by atoms with Crippen molar-refractivity contribution in [2.24, 2.45) is 0 Å². The van der Waals surface area contributed by atoms with E-state index in [9.17, 15) is 4.79 Å². The van der Waals surface area contributed by atoms with Crippen molar-refractivity contribution in [1.82, 2.24) is 25.2 Å². The third-order valence-corrected chi connectivity index (χ3v) is 3.59. The lowest BCUT2D eigenvalue weighted by atomic mass is 10.1. The van der Waals surface area contributed by atoms with Crippen molar-refractivity contribution in [3.63, 3.8) is 0 Å². The van der Waals surface area contributed by atoms with Gasteiger partial charge in [0.15, 0.2) is 0 Å². The van der Waals surface area contributed by atoms with Crippen LogP contribution in [0.1, 0.15) is 28.9 Å². The van der Waals surface area contributed by atoms with Crippen molar-refractivity contribution in [2.45, 2.75) is 25.8 Å². The van der Waals surface area contributed by atoms with Gasteiger partial charge >= 0.3 is 0 Å². The monoisotopic (exact) mass is 285 g/mol. The van der Waals surface area contributed by atoms with E-state index in [4.69, 9.17) is 0 Å². The Morgan fingerprint density at radius 2 is 2.38 bits per heavy atom. The van der Waals surface area contributed by atoms with Crippen LogP contribution in [0, 0.1) is 6.92 Å². The molecule has 3 rings (SSSR count). The van der Waals surface area contributed by atoms with E-state index >= 15 is 0 Å². The van der Waals surface area contributed by atoms with Crippen molar-refractivity contribution in [1.29, 1.82) is 0 Å². The summed E-state index contributed by atoms with van der Waals surface area (Å²) in [4.78, 5) is 20.8. The SMILES string of the molecule is Cc1cc(C(=O)N[C@@H]2CCCNC2)nc(-n2ccnc2)c1. The molecule has 1 fully saturated rings. The first-order chi connectivity index (χ1) is 10.2. The molecule has 0 bridgehead atoms. The summed E-state index contributed by atoms with van der Waals surface area (Å²) in [6.45, 7) is 3.81. The number of pyridine rings is 1. The number of hydrogen-bond acceptors (Lipinski definition) is 4. The number of piperidine rings is 1. The molecule has 0 spiro atoms. The van der Waals surface area contributed by atoms with E-state index in [1.54, 1.807) is 17.1 Å². The number of rotatable bonds is 3. The van der Waals surface area contributed by atoms with Crippen molar-refractivity contribution in [2.75, 3.05) is 13.1 Å². The average Bonchev–Trinajstić information content (AvgIpc) is 3.02. The maximum Gasteiger partial charge on any atom is 0.270 e. The molecule has 2 aromatic rings. The van der Waals surface area contributed by atoms with Gasteiger partial charge in [-0.15, -0.1) is 0 Å². The Hall–Kier alpha value is -2.21. The molecule has 0 aromatic carbocycles. The van der Waals surface area contributed by atoms with E-state index in [0.29, 0.717) is 11.5 Å². The van der Waals surface area contributed by atoms with Crippen molar-refractivity contribution < 1.29 is 4.79 Å². The quantitative estimate of drug-likeness (QED) is 0.884. The summed E-state index contributed by atoms with van der Waals surface area (Å²) in [7, 11) is 0. The summed E-state index contributed by atoms with van der Waals surface area (Å²) in [5, 5.41) is 6.34. The van der Waals surface area contributed by atoms with Crippen LogP contribution in [0.3, 0.4) is 0 Å². The molecule has 2 N–H and O–H groups in total. The van der Waals surface area contributed by atoms with E-state index in [1.807, 2.05) is 25.3 Å². The maximum absolute atomic E-state index is 12.4. The number of carbonyl (C=O) groups excluding carboxylic acids is 1. The first kappa shape index (κ1) is 13.8. The van der Waals surface area contributed by atoms with Crippen LogP contribution in [0.25, 0.3) is 5.82 Å². The molecule has 1 aliphatic rings. The second-order valence-electron chi connectivity index (χ2n) is 5.37. The number of carbonyl (C=O) groups is 1. The molecule has 3 heterocycles. The third kappa shape index (κ3) is 3.28. The Morgan fingerprint density at radius 1 is 1.48 bits per heavy atom. The van der Waals surface area contributed by atoms with E-state index in [-0.39, 0.29) is 11.9 Å². The van der Waals surface area contributed by atoms with Gasteiger partial charge in [-0.2, -0.15) is 0 Å². The Bertz CT molecular complexity index is 617. The number of nitrogens with one attached hydrogen (secondary N) is 2. The van der Waals surface area contributed by atoms with Gasteiger partial charge in [-0.25, -0.2) is 9.97 Å². The first-order valence-electron chi connectivity index (χ1n) is 7.21. The molecule has 1 saturated heterocycles. The zero-order valence-corrected chi connectivity index (χ0v) is 12.0. The van der Waals surface area contributed by atoms with Crippen LogP contribution in [-0.2, 0) is 0 Å². The minimum absolute atomic E-state index is 0.117. The van der Waals surface area contributed by atoms with Gasteiger partial charge < -0.3 is 10.6 Å². The average molecular weight is 285 g/mol. The van der Waals surface area contributed by atoms with Crippen LogP contribution in [0.2, 0.25) is 0 Å². The topological polar surface area (TPSA) is 71.8 Å². The van der Waals surface area contributed by atoms with Gasteiger partial charge in [0.1, 0.15) is 17.8 Å². The second-order valence-corrected chi connectivity index (χ2v) is 5.37. The summed E-state index contributed by atoms with van der Waals surface area (Å²) >= 11 is 0.